The van der Waals surface area contributed by atoms with E-state index in [9.17, 15) is 14.7 Å². The largest absolute Gasteiger partial charge is 0.495 e. The minimum absolute atomic E-state index is 0.0625. The van der Waals surface area contributed by atoms with Crippen LogP contribution in [-0.4, -0.2) is 24.2 Å². The summed E-state index contributed by atoms with van der Waals surface area (Å²) in [6, 6.07) is 5.05. The lowest BCUT2D eigenvalue weighted by molar-refractivity contribution is -0.148. The van der Waals surface area contributed by atoms with Crippen molar-refractivity contribution in [3.8, 4) is 23.0 Å². The van der Waals surface area contributed by atoms with Crippen molar-refractivity contribution >= 4 is 23.5 Å². The van der Waals surface area contributed by atoms with Gasteiger partial charge in [-0.05, 0) is 81.0 Å². The van der Waals surface area contributed by atoms with Gasteiger partial charge in [0.2, 0.25) is 0 Å². The monoisotopic (exact) mass is 542 g/mol. The van der Waals surface area contributed by atoms with Gasteiger partial charge in [0, 0.05) is 11.1 Å². The number of cyclic esters (lactones) is 1. The van der Waals surface area contributed by atoms with E-state index in [0.29, 0.717) is 34.9 Å². The van der Waals surface area contributed by atoms with E-state index in [0.717, 1.165) is 25.7 Å². The van der Waals surface area contributed by atoms with Gasteiger partial charge in [-0.25, -0.2) is 4.79 Å². The third-order valence-corrected chi connectivity index (χ3v) is 8.90. The number of hydrogen-bond donors (Lipinski definition) is 1. The predicted octanol–water partition coefficient (Wildman–Crippen LogP) is 6.93. The molecule has 0 amide bonds. The maximum atomic E-state index is 13.6. The second-order valence-electron chi connectivity index (χ2n) is 11.6. The zero-order valence-electron chi connectivity index (χ0n) is 22.6. The SMILES string of the molecule is COc1c([C@@H](O)CC(C)C)ccc2c1C(=O)OCc1cc(C)c(Cl)c(OC(=O)C3(C)CC4CCC3C4)c1O2. The number of carbonyl (C=O) groups excluding carboxylic acids is 2. The average molecular weight is 543 g/mol. The van der Waals surface area contributed by atoms with Gasteiger partial charge in [-0.3, -0.25) is 4.79 Å². The number of esters is 2. The highest BCUT2D eigenvalue weighted by atomic mass is 35.5. The first kappa shape index (κ1) is 26.8. The number of halogens is 1. The van der Waals surface area contributed by atoms with Crippen molar-refractivity contribution in [1.29, 1.82) is 0 Å². The molecule has 1 N–H and O–H groups in total. The van der Waals surface area contributed by atoms with E-state index < -0.39 is 17.5 Å². The summed E-state index contributed by atoms with van der Waals surface area (Å²) in [4.78, 5) is 26.7. The molecule has 3 unspecified atom stereocenters. The Bertz CT molecular complexity index is 1290. The molecule has 2 aromatic rings. The van der Waals surface area contributed by atoms with Crippen LogP contribution >= 0.6 is 11.6 Å². The number of methoxy groups -OCH3 is 1. The summed E-state index contributed by atoms with van der Waals surface area (Å²) < 4.78 is 23.6. The summed E-state index contributed by atoms with van der Waals surface area (Å²) in [5.74, 6) is 0.843. The fraction of sp³-hybridized carbons (Fsp3) is 0.533. The van der Waals surface area contributed by atoms with Gasteiger partial charge in [0.1, 0.15) is 23.7 Å². The summed E-state index contributed by atoms with van der Waals surface area (Å²) in [5.41, 5.74) is 1.18. The fourth-order valence-corrected chi connectivity index (χ4v) is 6.61. The summed E-state index contributed by atoms with van der Waals surface area (Å²) in [5, 5.41) is 11.1. The van der Waals surface area contributed by atoms with E-state index in [1.807, 2.05) is 20.8 Å². The number of benzene rings is 2. The maximum absolute atomic E-state index is 13.6. The van der Waals surface area contributed by atoms with Crippen LogP contribution in [-0.2, 0) is 16.1 Å². The third-order valence-electron chi connectivity index (χ3n) is 8.43. The van der Waals surface area contributed by atoms with E-state index in [1.54, 1.807) is 25.1 Å². The van der Waals surface area contributed by atoms with Gasteiger partial charge >= 0.3 is 11.9 Å². The molecule has 4 atom stereocenters. The van der Waals surface area contributed by atoms with E-state index >= 15 is 0 Å². The Labute approximate surface area is 228 Å². The van der Waals surface area contributed by atoms with Gasteiger partial charge in [-0.2, -0.15) is 0 Å². The van der Waals surface area contributed by atoms with Crippen LogP contribution in [0.15, 0.2) is 18.2 Å². The van der Waals surface area contributed by atoms with Crippen molar-refractivity contribution in [3.63, 3.8) is 0 Å². The first-order valence-electron chi connectivity index (χ1n) is 13.3. The average Bonchev–Trinajstić information content (AvgIpc) is 3.46. The van der Waals surface area contributed by atoms with E-state index in [-0.39, 0.29) is 52.1 Å². The zero-order valence-corrected chi connectivity index (χ0v) is 23.3. The lowest BCUT2D eigenvalue weighted by atomic mass is 9.75. The summed E-state index contributed by atoms with van der Waals surface area (Å²) >= 11 is 6.71. The van der Waals surface area contributed by atoms with Crippen molar-refractivity contribution in [2.45, 2.75) is 72.5 Å². The number of aliphatic hydroxyl groups is 1. The molecule has 2 aromatic carbocycles. The Hall–Kier alpha value is -2.77. The van der Waals surface area contributed by atoms with Crippen molar-refractivity contribution in [3.05, 3.63) is 45.5 Å². The number of aliphatic hydroxyl groups excluding tert-OH is 1. The Morgan fingerprint density at radius 3 is 2.66 bits per heavy atom. The molecule has 2 bridgehead atoms. The molecule has 5 rings (SSSR count). The first-order chi connectivity index (χ1) is 18.0. The highest BCUT2D eigenvalue weighted by Crippen LogP contribution is 2.57. The number of carbonyl (C=O) groups is 2. The van der Waals surface area contributed by atoms with Gasteiger partial charge < -0.3 is 24.1 Å². The molecule has 0 spiro atoms. The molecule has 204 valence electrons. The van der Waals surface area contributed by atoms with Crippen LogP contribution in [0, 0.1) is 30.1 Å². The van der Waals surface area contributed by atoms with Crippen LogP contribution in [0.4, 0.5) is 0 Å². The Morgan fingerprint density at radius 1 is 1.26 bits per heavy atom. The lowest BCUT2D eigenvalue weighted by Crippen LogP contribution is -2.37. The van der Waals surface area contributed by atoms with Crippen molar-refractivity contribution in [2.24, 2.45) is 23.2 Å². The van der Waals surface area contributed by atoms with Gasteiger partial charge in [-0.15, -0.1) is 0 Å². The third kappa shape index (κ3) is 4.54. The molecule has 0 aromatic heterocycles. The molecular formula is C30H35ClO7. The van der Waals surface area contributed by atoms with Crippen LogP contribution in [0.1, 0.15) is 86.0 Å². The van der Waals surface area contributed by atoms with Gasteiger partial charge in [0.05, 0.1) is 23.7 Å². The highest BCUT2D eigenvalue weighted by Gasteiger charge is 2.53. The van der Waals surface area contributed by atoms with Crippen molar-refractivity contribution in [1.82, 2.24) is 0 Å². The topological polar surface area (TPSA) is 91.3 Å². The highest BCUT2D eigenvalue weighted by molar-refractivity contribution is 6.33. The van der Waals surface area contributed by atoms with Crippen LogP contribution < -0.4 is 14.2 Å². The maximum Gasteiger partial charge on any atom is 0.346 e. The second-order valence-corrected chi connectivity index (χ2v) is 12.0. The van der Waals surface area contributed by atoms with E-state index in [2.05, 4.69) is 0 Å². The van der Waals surface area contributed by atoms with E-state index in [4.69, 9.17) is 30.5 Å². The number of aryl methyl sites for hydroxylation is 1. The molecule has 0 saturated heterocycles. The van der Waals surface area contributed by atoms with E-state index in [1.165, 1.54) is 7.11 Å². The lowest BCUT2D eigenvalue weighted by Gasteiger charge is -2.32. The first-order valence-corrected chi connectivity index (χ1v) is 13.7. The number of rotatable bonds is 6. The molecular weight excluding hydrogens is 508 g/mol. The minimum Gasteiger partial charge on any atom is -0.495 e. The fourth-order valence-electron chi connectivity index (χ4n) is 6.43. The molecule has 0 radical (unpaired) electrons. The molecule has 8 heteroatoms. The second kappa shape index (κ2) is 10.1. The Kier molecular flexibility index (Phi) is 7.12. The summed E-state index contributed by atoms with van der Waals surface area (Å²) in [6.07, 6.45) is 3.70. The standard InChI is InChI=1S/C30H35ClO7/c1-15(2)10-21(32)20-8-9-22-23(26(20)35-5)28(33)36-14-18-11-16(3)24(31)27(25(18)37-22)38-29(34)30(4)13-17-6-7-19(30)12-17/h8-9,11,15,17,19,21,32H,6-7,10,12-14H2,1-5H3/t17?,19?,21-,30?/m0/s1. The number of ether oxygens (including phenoxy) is 4. The molecule has 7 nitrogen and oxygen atoms in total. The summed E-state index contributed by atoms with van der Waals surface area (Å²) in [6.45, 7) is 7.69. The smallest absolute Gasteiger partial charge is 0.346 e. The van der Waals surface area contributed by atoms with Crippen LogP contribution in [0.2, 0.25) is 5.02 Å². The minimum atomic E-state index is -0.836. The quantitative estimate of drug-likeness (QED) is 0.312. The molecule has 1 aliphatic heterocycles. The Balaban J connectivity index is 1.57. The number of fused-ring (bicyclic) bond motifs is 4. The molecule has 2 saturated carbocycles. The van der Waals surface area contributed by atoms with Gasteiger partial charge in [0.15, 0.2) is 11.5 Å². The van der Waals surface area contributed by atoms with Crippen molar-refractivity contribution in [2.75, 3.05) is 7.11 Å². The molecule has 2 fully saturated rings. The van der Waals surface area contributed by atoms with Crippen LogP contribution in [0.3, 0.4) is 0 Å². The molecule has 1 heterocycles. The van der Waals surface area contributed by atoms with Gasteiger partial charge in [-0.1, -0.05) is 31.9 Å². The predicted molar refractivity (Wildman–Crippen MR) is 142 cm³/mol. The molecule has 38 heavy (non-hydrogen) atoms. The number of hydrogen-bond acceptors (Lipinski definition) is 7. The Morgan fingerprint density at radius 2 is 2.03 bits per heavy atom. The van der Waals surface area contributed by atoms with Gasteiger partial charge in [0.25, 0.3) is 0 Å². The van der Waals surface area contributed by atoms with Crippen LogP contribution in [0.25, 0.3) is 0 Å². The summed E-state index contributed by atoms with van der Waals surface area (Å²) in [7, 11) is 1.44. The normalized spacial score (nSPS) is 24.6. The van der Waals surface area contributed by atoms with Crippen molar-refractivity contribution < 1.29 is 33.6 Å². The molecule has 2 aliphatic carbocycles. The molecule has 3 aliphatic rings. The zero-order chi connectivity index (χ0) is 27.4. The van der Waals surface area contributed by atoms with Crippen LogP contribution in [0.5, 0.6) is 23.0 Å².